The Morgan fingerprint density at radius 2 is 2.40 bits per heavy atom. The van der Waals surface area contributed by atoms with Crippen molar-refractivity contribution in [3.8, 4) is 5.75 Å². The maximum absolute atomic E-state index is 10.3. The predicted molar refractivity (Wildman–Crippen MR) is 58.6 cm³/mol. The van der Waals surface area contributed by atoms with Gasteiger partial charge in [0, 0.05) is 10.6 Å². The summed E-state index contributed by atoms with van der Waals surface area (Å²) in [6.45, 7) is 0.235. The lowest BCUT2D eigenvalue weighted by molar-refractivity contribution is -0.137. The summed E-state index contributed by atoms with van der Waals surface area (Å²) in [5.74, 6) is 1.07. The van der Waals surface area contributed by atoms with Gasteiger partial charge in [0.2, 0.25) is 0 Å². The van der Waals surface area contributed by atoms with E-state index in [9.17, 15) is 4.79 Å². The van der Waals surface area contributed by atoms with E-state index in [0.717, 1.165) is 17.9 Å². The van der Waals surface area contributed by atoms with Gasteiger partial charge >= 0.3 is 5.97 Å². The Morgan fingerprint density at radius 3 is 3.20 bits per heavy atom. The first-order valence-corrected chi connectivity index (χ1v) is 5.84. The molecule has 1 aliphatic rings. The maximum Gasteiger partial charge on any atom is 0.306 e. The second kappa shape index (κ2) is 4.57. The molecule has 0 aromatic heterocycles. The van der Waals surface area contributed by atoms with Gasteiger partial charge in [-0.25, -0.2) is 0 Å². The third-order valence-corrected chi connectivity index (χ3v) is 3.35. The monoisotopic (exact) mass is 224 g/mol. The van der Waals surface area contributed by atoms with Crippen LogP contribution in [0.1, 0.15) is 12.0 Å². The van der Waals surface area contributed by atoms with Gasteiger partial charge in [-0.15, -0.1) is 11.8 Å². The standard InChI is InChI=1S/C11H12O3S/c12-11(13)3-5-14-9-2-1-8-4-6-15-10(8)7-9/h1-2,7H,3-6H2,(H,12,13). The molecule has 1 aromatic carbocycles. The summed E-state index contributed by atoms with van der Waals surface area (Å²) in [7, 11) is 0. The van der Waals surface area contributed by atoms with Crippen LogP contribution in [-0.2, 0) is 11.2 Å². The van der Waals surface area contributed by atoms with Crippen molar-refractivity contribution in [1.29, 1.82) is 0 Å². The number of carboxylic acids is 1. The van der Waals surface area contributed by atoms with Crippen LogP contribution in [0.5, 0.6) is 5.75 Å². The van der Waals surface area contributed by atoms with Gasteiger partial charge in [0.25, 0.3) is 0 Å². The van der Waals surface area contributed by atoms with Crippen molar-refractivity contribution < 1.29 is 14.6 Å². The van der Waals surface area contributed by atoms with Crippen LogP contribution >= 0.6 is 11.8 Å². The average Bonchev–Trinajstić information content (AvgIpc) is 2.64. The smallest absolute Gasteiger partial charge is 0.306 e. The van der Waals surface area contributed by atoms with Crippen molar-refractivity contribution in [2.24, 2.45) is 0 Å². The summed E-state index contributed by atoms with van der Waals surface area (Å²) in [5.41, 5.74) is 1.37. The average molecular weight is 224 g/mol. The first kappa shape index (κ1) is 10.4. The van der Waals surface area contributed by atoms with E-state index in [4.69, 9.17) is 9.84 Å². The molecule has 3 nitrogen and oxygen atoms in total. The van der Waals surface area contributed by atoms with Gasteiger partial charge in [-0.2, -0.15) is 0 Å². The topological polar surface area (TPSA) is 46.5 Å². The van der Waals surface area contributed by atoms with E-state index in [1.165, 1.54) is 10.5 Å². The van der Waals surface area contributed by atoms with Crippen LogP contribution in [0.2, 0.25) is 0 Å². The predicted octanol–water partition coefficient (Wildman–Crippen LogP) is 2.19. The van der Waals surface area contributed by atoms with E-state index in [1.807, 2.05) is 23.9 Å². The molecule has 80 valence electrons. The lowest BCUT2D eigenvalue weighted by Gasteiger charge is -2.06. The zero-order valence-corrected chi connectivity index (χ0v) is 9.05. The van der Waals surface area contributed by atoms with Crippen molar-refractivity contribution in [2.75, 3.05) is 12.4 Å². The van der Waals surface area contributed by atoms with Gasteiger partial charge in [0.1, 0.15) is 5.75 Å². The molecule has 0 aliphatic carbocycles. The Hall–Kier alpha value is -1.16. The molecule has 0 fully saturated rings. The van der Waals surface area contributed by atoms with Crippen LogP contribution in [0.4, 0.5) is 0 Å². The number of rotatable bonds is 4. The number of hydrogen-bond donors (Lipinski definition) is 1. The lowest BCUT2D eigenvalue weighted by atomic mass is 10.2. The lowest BCUT2D eigenvalue weighted by Crippen LogP contribution is -2.04. The first-order chi connectivity index (χ1) is 7.25. The molecule has 4 heteroatoms. The molecule has 0 saturated heterocycles. The molecule has 0 bridgehead atoms. The zero-order chi connectivity index (χ0) is 10.7. The zero-order valence-electron chi connectivity index (χ0n) is 8.23. The fraction of sp³-hybridized carbons (Fsp3) is 0.364. The summed E-state index contributed by atoms with van der Waals surface area (Å²) in [4.78, 5) is 11.6. The molecule has 0 amide bonds. The molecular formula is C11H12O3S. The van der Waals surface area contributed by atoms with Crippen molar-refractivity contribution in [3.05, 3.63) is 23.8 Å². The number of carboxylic acid groups (broad SMARTS) is 1. The molecule has 15 heavy (non-hydrogen) atoms. The second-order valence-electron chi connectivity index (χ2n) is 3.36. The summed E-state index contributed by atoms with van der Waals surface area (Å²) in [5, 5.41) is 8.46. The number of benzene rings is 1. The molecular weight excluding hydrogens is 212 g/mol. The van der Waals surface area contributed by atoms with E-state index < -0.39 is 5.97 Å². The molecule has 1 aromatic rings. The van der Waals surface area contributed by atoms with Gasteiger partial charge in [-0.05, 0) is 24.1 Å². The maximum atomic E-state index is 10.3. The van der Waals surface area contributed by atoms with Crippen LogP contribution in [0.15, 0.2) is 23.1 Å². The van der Waals surface area contributed by atoms with Gasteiger partial charge in [-0.1, -0.05) is 6.07 Å². The third-order valence-electron chi connectivity index (χ3n) is 2.25. The molecule has 1 aliphatic heterocycles. The highest BCUT2D eigenvalue weighted by Crippen LogP contribution is 2.33. The van der Waals surface area contributed by atoms with Crippen LogP contribution in [-0.4, -0.2) is 23.4 Å². The first-order valence-electron chi connectivity index (χ1n) is 4.86. The highest BCUT2D eigenvalue weighted by Gasteiger charge is 2.11. The number of aliphatic carboxylic acids is 1. The van der Waals surface area contributed by atoms with Crippen molar-refractivity contribution in [1.82, 2.24) is 0 Å². The Bertz CT molecular complexity index is 376. The highest BCUT2D eigenvalue weighted by molar-refractivity contribution is 7.99. The van der Waals surface area contributed by atoms with E-state index in [2.05, 4.69) is 6.07 Å². The van der Waals surface area contributed by atoms with E-state index >= 15 is 0 Å². The Kier molecular flexibility index (Phi) is 3.16. The molecule has 0 atom stereocenters. The molecule has 2 rings (SSSR count). The quantitative estimate of drug-likeness (QED) is 0.851. The summed E-state index contributed by atoms with van der Waals surface area (Å²) in [6.07, 6.45) is 1.17. The van der Waals surface area contributed by atoms with Crippen molar-refractivity contribution in [2.45, 2.75) is 17.7 Å². The molecule has 0 radical (unpaired) electrons. The molecule has 0 spiro atoms. The number of thioether (sulfide) groups is 1. The minimum atomic E-state index is -0.828. The molecule has 0 unspecified atom stereocenters. The fourth-order valence-electron chi connectivity index (χ4n) is 1.49. The summed E-state index contributed by atoms with van der Waals surface area (Å²) < 4.78 is 5.35. The van der Waals surface area contributed by atoms with Crippen LogP contribution in [0, 0.1) is 0 Å². The van der Waals surface area contributed by atoms with Crippen LogP contribution in [0.3, 0.4) is 0 Å². The van der Waals surface area contributed by atoms with Crippen LogP contribution < -0.4 is 4.74 Å². The van der Waals surface area contributed by atoms with Gasteiger partial charge in [0.05, 0.1) is 13.0 Å². The van der Waals surface area contributed by atoms with Crippen molar-refractivity contribution >= 4 is 17.7 Å². The molecule has 1 heterocycles. The number of ether oxygens (including phenoxy) is 1. The Labute approximate surface area is 92.4 Å². The third kappa shape index (κ3) is 2.65. The van der Waals surface area contributed by atoms with E-state index in [-0.39, 0.29) is 13.0 Å². The van der Waals surface area contributed by atoms with Gasteiger partial charge in [0.15, 0.2) is 0 Å². The Balaban J connectivity index is 1.95. The number of hydrogen-bond acceptors (Lipinski definition) is 3. The molecule has 0 saturated carbocycles. The van der Waals surface area contributed by atoms with Crippen LogP contribution in [0.25, 0.3) is 0 Å². The number of aryl methyl sites for hydroxylation is 1. The van der Waals surface area contributed by atoms with E-state index in [1.54, 1.807) is 0 Å². The summed E-state index contributed by atoms with van der Waals surface area (Å²) >= 11 is 1.83. The van der Waals surface area contributed by atoms with Gasteiger partial charge < -0.3 is 9.84 Å². The fourth-order valence-corrected chi connectivity index (χ4v) is 2.59. The Morgan fingerprint density at radius 1 is 1.53 bits per heavy atom. The van der Waals surface area contributed by atoms with E-state index in [0.29, 0.717) is 0 Å². The normalized spacial score (nSPS) is 13.6. The minimum absolute atomic E-state index is 0.0459. The highest BCUT2D eigenvalue weighted by atomic mass is 32.2. The SMILES string of the molecule is O=C(O)CCOc1ccc2c(c1)SCC2. The summed E-state index contributed by atoms with van der Waals surface area (Å²) in [6, 6.07) is 5.97. The molecule has 1 N–H and O–H groups in total. The van der Waals surface area contributed by atoms with Crippen molar-refractivity contribution in [3.63, 3.8) is 0 Å². The second-order valence-corrected chi connectivity index (χ2v) is 4.50. The largest absolute Gasteiger partial charge is 0.493 e. The number of fused-ring (bicyclic) bond motifs is 1. The number of carbonyl (C=O) groups is 1. The van der Waals surface area contributed by atoms with Gasteiger partial charge in [-0.3, -0.25) is 4.79 Å². The minimum Gasteiger partial charge on any atom is -0.493 e.